The second kappa shape index (κ2) is 7.48. The molecular formula is C15H20BrNO2S. The van der Waals surface area contributed by atoms with E-state index in [0.29, 0.717) is 5.75 Å². The number of rotatable bonds is 4. The quantitative estimate of drug-likeness (QED) is 0.813. The number of amides is 1. The number of hydrogen-bond acceptors (Lipinski definition) is 3. The summed E-state index contributed by atoms with van der Waals surface area (Å²) < 4.78 is 1.05. The van der Waals surface area contributed by atoms with Crippen molar-refractivity contribution in [2.45, 2.75) is 49.6 Å². The molecule has 20 heavy (non-hydrogen) atoms. The van der Waals surface area contributed by atoms with E-state index in [2.05, 4.69) is 21.2 Å². The lowest BCUT2D eigenvalue weighted by Gasteiger charge is -2.28. The van der Waals surface area contributed by atoms with Gasteiger partial charge in [-0.2, -0.15) is 0 Å². The largest absolute Gasteiger partial charge is 0.391 e. The fourth-order valence-electron chi connectivity index (χ4n) is 2.45. The Balaban J connectivity index is 1.82. The molecule has 1 amide bonds. The molecule has 5 heteroatoms. The summed E-state index contributed by atoms with van der Waals surface area (Å²) in [4.78, 5) is 13.1. The van der Waals surface area contributed by atoms with Gasteiger partial charge in [-0.05, 0) is 43.5 Å². The van der Waals surface area contributed by atoms with Crippen molar-refractivity contribution in [3.63, 3.8) is 0 Å². The van der Waals surface area contributed by atoms with Crippen LogP contribution >= 0.6 is 27.7 Å². The van der Waals surface area contributed by atoms with Crippen molar-refractivity contribution in [3.8, 4) is 0 Å². The molecule has 0 heterocycles. The highest BCUT2D eigenvalue weighted by molar-refractivity contribution is 9.10. The monoisotopic (exact) mass is 357 g/mol. The maximum Gasteiger partial charge on any atom is 0.230 e. The van der Waals surface area contributed by atoms with Gasteiger partial charge in [0.05, 0.1) is 17.9 Å². The fourth-order valence-corrected chi connectivity index (χ4v) is 3.74. The van der Waals surface area contributed by atoms with E-state index < -0.39 is 0 Å². The summed E-state index contributed by atoms with van der Waals surface area (Å²) in [6.07, 6.45) is 3.44. The number of hydrogen-bond donors (Lipinski definition) is 2. The van der Waals surface area contributed by atoms with Crippen LogP contribution in [0.25, 0.3) is 0 Å². The predicted octanol–water partition coefficient (Wildman–Crippen LogP) is 3.27. The summed E-state index contributed by atoms with van der Waals surface area (Å²) in [5.74, 6) is 0.398. The lowest BCUT2D eigenvalue weighted by molar-refractivity contribution is -0.120. The summed E-state index contributed by atoms with van der Waals surface area (Å²) in [5, 5.41) is 12.8. The Hall–Kier alpha value is -0.520. The molecule has 0 saturated heterocycles. The normalized spacial score (nSPS) is 22.6. The van der Waals surface area contributed by atoms with Crippen LogP contribution in [0.3, 0.4) is 0 Å². The third-order valence-electron chi connectivity index (χ3n) is 3.57. The molecule has 0 radical (unpaired) electrons. The van der Waals surface area contributed by atoms with Crippen LogP contribution in [-0.2, 0) is 4.79 Å². The second-order valence-electron chi connectivity index (χ2n) is 5.22. The Morgan fingerprint density at radius 2 is 2.20 bits per heavy atom. The summed E-state index contributed by atoms with van der Waals surface area (Å²) >= 11 is 4.97. The molecule has 2 unspecified atom stereocenters. The molecule has 1 aliphatic carbocycles. The van der Waals surface area contributed by atoms with Crippen molar-refractivity contribution in [1.82, 2.24) is 5.32 Å². The maximum absolute atomic E-state index is 12.0. The highest BCUT2D eigenvalue weighted by Gasteiger charge is 2.24. The average Bonchev–Trinajstić information content (AvgIpc) is 2.40. The van der Waals surface area contributed by atoms with E-state index in [9.17, 15) is 9.90 Å². The lowest BCUT2D eigenvalue weighted by Crippen LogP contribution is -2.45. The van der Waals surface area contributed by atoms with Crippen LogP contribution in [0, 0.1) is 6.92 Å². The van der Waals surface area contributed by atoms with E-state index in [0.717, 1.165) is 40.6 Å². The highest BCUT2D eigenvalue weighted by Crippen LogP contribution is 2.25. The van der Waals surface area contributed by atoms with E-state index in [1.165, 1.54) is 11.8 Å². The highest BCUT2D eigenvalue weighted by atomic mass is 79.9. The number of halogens is 1. The summed E-state index contributed by atoms with van der Waals surface area (Å²) in [7, 11) is 0. The first-order chi connectivity index (χ1) is 9.56. The van der Waals surface area contributed by atoms with Crippen molar-refractivity contribution < 1.29 is 9.90 Å². The average molecular weight is 358 g/mol. The number of carbonyl (C=O) groups excluding carboxylic acids is 1. The smallest absolute Gasteiger partial charge is 0.230 e. The van der Waals surface area contributed by atoms with Gasteiger partial charge in [-0.25, -0.2) is 0 Å². The lowest BCUT2D eigenvalue weighted by atomic mass is 9.93. The van der Waals surface area contributed by atoms with E-state index in [1.807, 2.05) is 25.1 Å². The van der Waals surface area contributed by atoms with Gasteiger partial charge in [-0.3, -0.25) is 4.79 Å². The molecule has 2 N–H and O–H groups in total. The van der Waals surface area contributed by atoms with Crippen LogP contribution in [0.2, 0.25) is 0 Å². The Morgan fingerprint density at radius 3 is 2.90 bits per heavy atom. The number of aryl methyl sites for hydroxylation is 1. The molecular weight excluding hydrogens is 338 g/mol. The summed E-state index contributed by atoms with van der Waals surface area (Å²) in [6.45, 7) is 2.04. The molecule has 1 fully saturated rings. The van der Waals surface area contributed by atoms with Gasteiger partial charge in [-0.15, -0.1) is 11.8 Å². The summed E-state index contributed by atoms with van der Waals surface area (Å²) in [5.41, 5.74) is 1.16. The number of nitrogens with one attached hydrogen (secondary N) is 1. The number of carbonyl (C=O) groups is 1. The first-order valence-electron chi connectivity index (χ1n) is 6.92. The number of aliphatic hydroxyl groups is 1. The maximum atomic E-state index is 12.0. The third kappa shape index (κ3) is 4.50. The Bertz CT molecular complexity index is 481. The van der Waals surface area contributed by atoms with Gasteiger partial charge in [0.1, 0.15) is 0 Å². The molecule has 1 aromatic rings. The first-order valence-corrected chi connectivity index (χ1v) is 8.70. The molecule has 2 atom stereocenters. The standard InChI is InChI=1S/C15H20BrNO2S/c1-10-8-11(16)6-7-14(10)20-9-15(19)17-12-4-2-3-5-13(12)18/h6-8,12-13,18H,2-5,9H2,1H3,(H,17,19). The minimum Gasteiger partial charge on any atom is -0.391 e. The van der Waals surface area contributed by atoms with Crippen LogP contribution < -0.4 is 5.32 Å². The van der Waals surface area contributed by atoms with Crippen molar-refractivity contribution >= 4 is 33.6 Å². The fraction of sp³-hybridized carbons (Fsp3) is 0.533. The van der Waals surface area contributed by atoms with Gasteiger partial charge >= 0.3 is 0 Å². The van der Waals surface area contributed by atoms with E-state index in [4.69, 9.17) is 0 Å². The Labute approximate surface area is 132 Å². The van der Waals surface area contributed by atoms with Crippen molar-refractivity contribution in [2.75, 3.05) is 5.75 Å². The third-order valence-corrected chi connectivity index (χ3v) is 5.24. The zero-order chi connectivity index (χ0) is 14.5. The second-order valence-corrected chi connectivity index (χ2v) is 7.16. The van der Waals surface area contributed by atoms with Crippen LogP contribution in [0.4, 0.5) is 0 Å². The SMILES string of the molecule is Cc1cc(Br)ccc1SCC(=O)NC1CCCCC1O. The van der Waals surface area contributed by atoms with Gasteiger partial charge in [0, 0.05) is 9.37 Å². The molecule has 0 aliphatic heterocycles. The van der Waals surface area contributed by atoms with Crippen LogP contribution in [0.1, 0.15) is 31.2 Å². The predicted molar refractivity (Wildman–Crippen MR) is 86.0 cm³/mol. The Kier molecular flexibility index (Phi) is 5.93. The van der Waals surface area contributed by atoms with Gasteiger partial charge in [-0.1, -0.05) is 28.8 Å². The molecule has 1 saturated carbocycles. The van der Waals surface area contributed by atoms with Crippen molar-refractivity contribution in [1.29, 1.82) is 0 Å². The van der Waals surface area contributed by atoms with Crippen LogP contribution in [-0.4, -0.2) is 28.9 Å². The number of aliphatic hydroxyl groups excluding tert-OH is 1. The van der Waals surface area contributed by atoms with E-state index in [1.54, 1.807) is 0 Å². The van der Waals surface area contributed by atoms with Gasteiger partial charge in [0.15, 0.2) is 0 Å². The van der Waals surface area contributed by atoms with Crippen molar-refractivity contribution in [3.05, 3.63) is 28.2 Å². The molecule has 1 aromatic carbocycles. The Morgan fingerprint density at radius 1 is 1.45 bits per heavy atom. The zero-order valence-electron chi connectivity index (χ0n) is 11.6. The van der Waals surface area contributed by atoms with Crippen LogP contribution in [0.15, 0.2) is 27.6 Å². The topological polar surface area (TPSA) is 49.3 Å². The minimum absolute atomic E-state index is 0.00303. The van der Waals surface area contributed by atoms with E-state index >= 15 is 0 Å². The molecule has 2 rings (SSSR count). The number of benzene rings is 1. The summed E-state index contributed by atoms with van der Waals surface area (Å²) in [6, 6.07) is 5.98. The molecule has 1 aliphatic rings. The molecule has 110 valence electrons. The zero-order valence-corrected chi connectivity index (χ0v) is 14.0. The molecule has 0 aromatic heterocycles. The van der Waals surface area contributed by atoms with E-state index in [-0.39, 0.29) is 18.1 Å². The van der Waals surface area contributed by atoms with Gasteiger partial charge in [0.2, 0.25) is 5.91 Å². The first kappa shape index (κ1) is 15.9. The van der Waals surface area contributed by atoms with Gasteiger partial charge < -0.3 is 10.4 Å². The van der Waals surface area contributed by atoms with Crippen LogP contribution in [0.5, 0.6) is 0 Å². The molecule has 0 spiro atoms. The van der Waals surface area contributed by atoms with Gasteiger partial charge in [0.25, 0.3) is 0 Å². The minimum atomic E-state index is -0.382. The molecule has 3 nitrogen and oxygen atoms in total. The molecule has 0 bridgehead atoms. The van der Waals surface area contributed by atoms with Crippen molar-refractivity contribution in [2.24, 2.45) is 0 Å². The number of thioether (sulfide) groups is 1.